The van der Waals surface area contributed by atoms with E-state index in [1.807, 2.05) is 20.8 Å². The molecule has 1 N–H and O–H groups in total. The monoisotopic (exact) mass is 426 g/mol. The van der Waals surface area contributed by atoms with Gasteiger partial charge in [-0.1, -0.05) is 18.0 Å². The number of piperidine rings is 1. The maximum atomic E-state index is 12.2. The van der Waals surface area contributed by atoms with Gasteiger partial charge in [0.15, 0.2) is 0 Å². The maximum Gasteiger partial charge on any atom is 0.410 e. The number of nitrogens with one attached hydrogen (secondary N) is 1. The van der Waals surface area contributed by atoms with Gasteiger partial charge in [-0.2, -0.15) is 0 Å². The summed E-state index contributed by atoms with van der Waals surface area (Å²) in [6.07, 6.45) is 5.34. The average molecular weight is 427 g/mol. The van der Waals surface area contributed by atoms with E-state index >= 15 is 0 Å². The highest BCUT2D eigenvalue weighted by Gasteiger charge is 2.41. The van der Waals surface area contributed by atoms with Crippen molar-refractivity contribution in [2.75, 3.05) is 19.6 Å². The molecule has 0 aromatic carbocycles. The Morgan fingerprint density at radius 3 is 2.62 bits per heavy atom. The molecule has 0 spiro atoms. The van der Waals surface area contributed by atoms with Gasteiger partial charge in [0.2, 0.25) is 5.17 Å². The summed E-state index contributed by atoms with van der Waals surface area (Å²) in [6, 6.07) is 0.0609. The second-order valence-corrected chi connectivity index (χ2v) is 9.53. The number of rotatable bonds is 5. The van der Waals surface area contributed by atoms with Gasteiger partial charge in [-0.15, -0.1) is 0 Å². The van der Waals surface area contributed by atoms with Gasteiger partial charge >= 0.3 is 11.8 Å². The molecule has 0 aromatic rings. The summed E-state index contributed by atoms with van der Waals surface area (Å²) in [6.45, 7) is 7.64. The molecule has 2 unspecified atom stereocenters. The van der Waals surface area contributed by atoms with E-state index in [9.17, 15) is 14.9 Å². The maximum absolute atomic E-state index is 12.2. The first-order valence-electron chi connectivity index (χ1n) is 10.5. The molecule has 9 heteroatoms. The highest BCUT2D eigenvalue weighted by molar-refractivity contribution is 6.69. The van der Waals surface area contributed by atoms with Crippen LogP contribution in [0.15, 0.2) is 16.4 Å². The fourth-order valence-electron chi connectivity index (χ4n) is 4.46. The van der Waals surface area contributed by atoms with Gasteiger partial charge in [-0.3, -0.25) is 15.1 Å². The first kappa shape index (κ1) is 21.9. The molecule has 1 saturated heterocycles. The molecular weight excluding hydrogens is 396 g/mol. The van der Waals surface area contributed by atoms with Crippen molar-refractivity contribution in [3.05, 3.63) is 21.5 Å². The van der Waals surface area contributed by atoms with Crippen LogP contribution in [0.25, 0.3) is 0 Å². The lowest BCUT2D eigenvalue weighted by atomic mass is 9.92. The average Bonchev–Trinajstić information content (AvgIpc) is 3.08. The highest BCUT2D eigenvalue weighted by Crippen LogP contribution is 2.38. The lowest BCUT2D eigenvalue weighted by Gasteiger charge is -2.33. The summed E-state index contributed by atoms with van der Waals surface area (Å²) in [5.74, 6) is 0.555. The predicted molar refractivity (Wildman–Crippen MR) is 112 cm³/mol. The van der Waals surface area contributed by atoms with Crippen LogP contribution < -0.4 is 5.32 Å². The van der Waals surface area contributed by atoms with E-state index in [2.05, 4.69) is 10.3 Å². The Bertz CT molecular complexity index is 708. The number of allylic oxidation sites excluding steroid dienone is 1. The molecule has 2 fully saturated rings. The Labute approximate surface area is 176 Å². The third-order valence-corrected chi connectivity index (χ3v) is 6.17. The van der Waals surface area contributed by atoms with Crippen molar-refractivity contribution in [3.63, 3.8) is 0 Å². The fraction of sp³-hybridized carbons (Fsp3) is 0.800. The second kappa shape index (κ2) is 8.90. The summed E-state index contributed by atoms with van der Waals surface area (Å²) in [5, 5.41) is 14.9. The third kappa shape index (κ3) is 5.41. The minimum atomic E-state index is -0.483. The van der Waals surface area contributed by atoms with Crippen LogP contribution in [0, 0.1) is 22.0 Å². The quantitative estimate of drug-likeness (QED) is 0.530. The first-order valence-corrected chi connectivity index (χ1v) is 10.9. The number of dihydropyridines is 1. The Balaban J connectivity index is 1.51. The largest absolute Gasteiger partial charge is 0.444 e. The summed E-state index contributed by atoms with van der Waals surface area (Å²) in [5.41, 5.74) is 0.112. The number of hydrogen-bond donors (Lipinski definition) is 1. The van der Waals surface area contributed by atoms with Crippen LogP contribution in [0.1, 0.15) is 59.3 Å². The lowest BCUT2D eigenvalue weighted by Crippen LogP contribution is -2.42. The van der Waals surface area contributed by atoms with Gasteiger partial charge in [-0.25, -0.2) is 4.79 Å². The number of halogens is 1. The zero-order valence-corrected chi connectivity index (χ0v) is 18.2. The number of nitro groups is 1. The van der Waals surface area contributed by atoms with Gasteiger partial charge in [0.05, 0.1) is 16.7 Å². The molecule has 1 aliphatic carbocycles. The fourth-order valence-corrected chi connectivity index (χ4v) is 4.75. The Hall–Kier alpha value is -1.83. The number of hydrogen-bond acceptors (Lipinski definition) is 6. The van der Waals surface area contributed by atoms with E-state index < -0.39 is 10.5 Å². The molecule has 0 radical (unpaired) electrons. The van der Waals surface area contributed by atoms with Crippen LogP contribution >= 0.6 is 11.6 Å². The summed E-state index contributed by atoms with van der Waals surface area (Å²) < 4.78 is 5.44. The Morgan fingerprint density at radius 1 is 1.31 bits per heavy atom. The summed E-state index contributed by atoms with van der Waals surface area (Å²) in [7, 11) is 0. The third-order valence-electron chi connectivity index (χ3n) is 5.90. The zero-order valence-electron chi connectivity index (χ0n) is 17.4. The van der Waals surface area contributed by atoms with Crippen LogP contribution in [0.2, 0.25) is 0 Å². The van der Waals surface area contributed by atoms with E-state index in [-0.39, 0.29) is 28.9 Å². The van der Waals surface area contributed by atoms with E-state index in [1.165, 1.54) is 0 Å². The molecule has 1 saturated carbocycles. The molecule has 0 bridgehead atoms. The van der Waals surface area contributed by atoms with Crippen molar-refractivity contribution in [2.24, 2.45) is 16.8 Å². The topological polar surface area (TPSA) is 97.1 Å². The minimum Gasteiger partial charge on any atom is -0.444 e. The number of carbonyl (C=O) groups is 1. The van der Waals surface area contributed by atoms with Crippen LogP contribution in [-0.4, -0.2) is 52.4 Å². The van der Waals surface area contributed by atoms with Gasteiger partial charge in [-0.05, 0) is 58.8 Å². The van der Waals surface area contributed by atoms with Gasteiger partial charge in [0.25, 0.3) is 0 Å². The van der Waals surface area contributed by atoms with Crippen molar-refractivity contribution >= 4 is 22.9 Å². The summed E-state index contributed by atoms with van der Waals surface area (Å²) >= 11 is 6.12. The van der Waals surface area contributed by atoms with Gasteiger partial charge in [0.1, 0.15) is 5.60 Å². The molecule has 8 nitrogen and oxygen atoms in total. The van der Waals surface area contributed by atoms with Crippen LogP contribution in [0.3, 0.4) is 0 Å². The number of likely N-dealkylation sites (tertiary alicyclic amines) is 1. The molecular formula is C20H31ClN4O4. The second-order valence-electron chi connectivity index (χ2n) is 9.17. The Kier molecular flexibility index (Phi) is 6.71. The van der Waals surface area contributed by atoms with Crippen LogP contribution in [-0.2, 0) is 4.74 Å². The molecule has 3 rings (SSSR count). The van der Waals surface area contributed by atoms with E-state index in [0.717, 1.165) is 38.5 Å². The lowest BCUT2D eigenvalue weighted by molar-refractivity contribution is -0.416. The number of amides is 1. The number of carbonyl (C=O) groups excluding carboxylic acids is 1. The molecule has 3 aliphatic rings. The number of ether oxygens (including phenoxy) is 1. The SMILES string of the molecule is CC(C)(C)OC(=O)N1CCC(CCNC2=C([N+](=O)[O-])C(Cl)=NC3CCCC23)CC1. The molecule has 1 amide bonds. The molecule has 162 valence electrons. The van der Waals surface area contributed by atoms with Crippen molar-refractivity contribution in [2.45, 2.75) is 70.9 Å². The molecule has 2 atom stereocenters. The van der Waals surface area contributed by atoms with Crippen molar-refractivity contribution in [1.82, 2.24) is 10.2 Å². The van der Waals surface area contributed by atoms with Gasteiger partial charge in [0, 0.05) is 25.6 Å². The standard InChI is InChI=1S/C20H31ClN4O4/c1-20(2,3)29-19(26)24-11-8-13(9-12-24)7-10-22-16-14-5-4-6-15(14)23-18(21)17(16)25(27)28/h13-15,22H,4-12H2,1-3H3. The van der Waals surface area contributed by atoms with Crippen LogP contribution in [0.4, 0.5) is 4.79 Å². The summed E-state index contributed by atoms with van der Waals surface area (Å²) in [4.78, 5) is 29.4. The molecule has 2 aliphatic heterocycles. The van der Waals surface area contributed by atoms with Crippen molar-refractivity contribution in [1.29, 1.82) is 0 Å². The first-order chi connectivity index (χ1) is 13.7. The normalized spacial score (nSPS) is 25.5. The number of aliphatic imine (C=N–C) groups is 1. The smallest absolute Gasteiger partial charge is 0.410 e. The van der Waals surface area contributed by atoms with Crippen molar-refractivity contribution < 1.29 is 14.5 Å². The number of fused-ring (bicyclic) bond motifs is 1. The van der Waals surface area contributed by atoms with Crippen molar-refractivity contribution in [3.8, 4) is 0 Å². The predicted octanol–water partition coefficient (Wildman–Crippen LogP) is 3.92. The minimum absolute atomic E-state index is 0.0197. The van der Waals surface area contributed by atoms with E-state index in [0.29, 0.717) is 31.2 Å². The van der Waals surface area contributed by atoms with Gasteiger partial charge < -0.3 is 15.0 Å². The van der Waals surface area contributed by atoms with E-state index in [1.54, 1.807) is 4.90 Å². The Morgan fingerprint density at radius 2 is 2.00 bits per heavy atom. The van der Waals surface area contributed by atoms with E-state index in [4.69, 9.17) is 16.3 Å². The molecule has 0 aromatic heterocycles. The highest BCUT2D eigenvalue weighted by atomic mass is 35.5. The molecule has 2 heterocycles. The zero-order chi connectivity index (χ0) is 21.2. The number of nitrogens with zero attached hydrogens (tertiary/aromatic N) is 3. The molecule has 29 heavy (non-hydrogen) atoms. The van der Waals surface area contributed by atoms with Crippen LogP contribution in [0.5, 0.6) is 0 Å².